The summed E-state index contributed by atoms with van der Waals surface area (Å²) in [5.41, 5.74) is 0. The number of aliphatic imine (C=N–C) groups is 1. The van der Waals surface area contributed by atoms with Crippen LogP contribution in [0.25, 0.3) is 0 Å². The van der Waals surface area contributed by atoms with E-state index in [1.807, 2.05) is 22.7 Å². The summed E-state index contributed by atoms with van der Waals surface area (Å²) < 4.78 is 0. The number of hydrogen-bond donors (Lipinski definition) is 2. The Bertz CT molecular complexity index is 699. The smallest absolute Gasteiger partial charge is 0.191 e. The standard InChI is InChI=1S/C20H30N4S2.HI/c1-4-21-20(23-14-17-10-9-15(2)26-17)22-13-16-7-5-11-24(3)19(16)18-8-6-12-25-18;/h6,8-10,12,16,19H,4-5,7,11,13-14H2,1-3H3,(H2,21,22,23);1H. The molecule has 150 valence electrons. The Morgan fingerprint density at radius 2 is 2.15 bits per heavy atom. The molecule has 2 unspecified atom stereocenters. The fourth-order valence-electron chi connectivity index (χ4n) is 3.68. The van der Waals surface area contributed by atoms with Crippen LogP contribution in [0, 0.1) is 12.8 Å². The van der Waals surface area contributed by atoms with Crippen LogP contribution in [0.15, 0.2) is 34.6 Å². The molecule has 2 N–H and O–H groups in total. The van der Waals surface area contributed by atoms with E-state index in [1.165, 1.54) is 34.0 Å². The highest BCUT2D eigenvalue weighted by Gasteiger charge is 2.31. The normalized spacial score (nSPS) is 20.9. The zero-order chi connectivity index (χ0) is 18.4. The Morgan fingerprint density at radius 1 is 1.30 bits per heavy atom. The predicted molar refractivity (Wildman–Crippen MR) is 130 cm³/mol. The second-order valence-electron chi connectivity index (χ2n) is 6.93. The molecule has 0 bridgehead atoms. The summed E-state index contributed by atoms with van der Waals surface area (Å²) >= 11 is 3.70. The fraction of sp³-hybridized carbons (Fsp3) is 0.550. The lowest BCUT2D eigenvalue weighted by atomic mass is 9.88. The number of likely N-dealkylation sites (tertiary alicyclic amines) is 1. The van der Waals surface area contributed by atoms with Gasteiger partial charge in [-0.3, -0.25) is 4.90 Å². The van der Waals surface area contributed by atoms with Gasteiger partial charge in [0.25, 0.3) is 0 Å². The maximum absolute atomic E-state index is 4.78. The highest BCUT2D eigenvalue weighted by molar-refractivity contribution is 14.0. The van der Waals surface area contributed by atoms with Crippen LogP contribution in [0.1, 0.15) is 40.4 Å². The van der Waals surface area contributed by atoms with Gasteiger partial charge in [-0.05, 0) is 69.8 Å². The van der Waals surface area contributed by atoms with E-state index in [4.69, 9.17) is 4.99 Å². The maximum atomic E-state index is 4.78. The first-order valence-electron chi connectivity index (χ1n) is 9.48. The largest absolute Gasteiger partial charge is 0.357 e. The van der Waals surface area contributed by atoms with Gasteiger partial charge in [0.15, 0.2) is 5.96 Å². The predicted octanol–water partition coefficient (Wildman–Crippen LogP) is 4.87. The van der Waals surface area contributed by atoms with Crippen molar-refractivity contribution in [3.05, 3.63) is 44.3 Å². The topological polar surface area (TPSA) is 39.7 Å². The van der Waals surface area contributed by atoms with Gasteiger partial charge < -0.3 is 10.6 Å². The van der Waals surface area contributed by atoms with E-state index in [1.54, 1.807) is 0 Å². The summed E-state index contributed by atoms with van der Waals surface area (Å²) in [5.74, 6) is 1.54. The zero-order valence-corrected chi connectivity index (χ0v) is 20.4. The Balaban J connectivity index is 0.00000261. The van der Waals surface area contributed by atoms with Crippen LogP contribution in [0.5, 0.6) is 0 Å². The molecule has 2 aromatic rings. The van der Waals surface area contributed by atoms with E-state index in [2.05, 4.69) is 66.1 Å². The number of piperidine rings is 1. The molecule has 1 fully saturated rings. The van der Waals surface area contributed by atoms with Crippen molar-refractivity contribution in [1.82, 2.24) is 15.5 Å². The molecule has 1 aliphatic rings. The molecule has 4 nitrogen and oxygen atoms in total. The van der Waals surface area contributed by atoms with Crippen molar-refractivity contribution in [2.24, 2.45) is 10.9 Å². The number of halogens is 1. The molecule has 1 saturated heterocycles. The van der Waals surface area contributed by atoms with Crippen molar-refractivity contribution < 1.29 is 0 Å². The maximum Gasteiger partial charge on any atom is 0.191 e. The SMILES string of the molecule is CCNC(=NCc1ccc(C)s1)NCC1CCCN(C)C1c1cccs1.I. The molecule has 3 rings (SSSR count). The minimum atomic E-state index is 0. The first-order chi connectivity index (χ1) is 12.7. The van der Waals surface area contributed by atoms with Crippen molar-refractivity contribution in [2.75, 3.05) is 26.7 Å². The lowest BCUT2D eigenvalue weighted by molar-refractivity contribution is 0.125. The minimum Gasteiger partial charge on any atom is -0.357 e. The monoisotopic (exact) mass is 518 g/mol. The third kappa shape index (κ3) is 6.44. The van der Waals surface area contributed by atoms with Gasteiger partial charge in [0.1, 0.15) is 0 Å². The van der Waals surface area contributed by atoms with Gasteiger partial charge in [0.05, 0.1) is 6.54 Å². The van der Waals surface area contributed by atoms with Crippen molar-refractivity contribution >= 4 is 52.6 Å². The van der Waals surface area contributed by atoms with Gasteiger partial charge in [-0.1, -0.05) is 6.07 Å². The number of hydrogen-bond acceptors (Lipinski definition) is 4. The molecular formula is C20H31IN4S2. The van der Waals surface area contributed by atoms with Crippen LogP contribution in [-0.4, -0.2) is 37.5 Å². The molecule has 7 heteroatoms. The first-order valence-corrected chi connectivity index (χ1v) is 11.2. The molecule has 1 aliphatic heterocycles. The summed E-state index contributed by atoms with van der Waals surface area (Å²) in [6.45, 7) is 8.04. The third-order valence-electron chi connectivity index (χ3n) is 4.91. The van der Waals surface area contributed by atoms with E-state index in [-0.39, 0.29) is 24.0 Å². The van der Waals surface area contributed by atoms with E-state index in [9.17, 15) is 0 Å². The number of rotatable bonds is 6. The Morgan fingerprint density at radius 3 is 2.81 bits per heavy atom. The van der Waals surface area contributed by atoms with Crippen LogP contribution >= 0.6 is 46.7 Å². The highest BCUT2D eigenvalue weighted by atomic mass is 127. The Labute approximate surface area is 188 Å². The Kier molecular flexibility index (Phi) is 9.55. The molecule has 0 aliphatic carbocycles. The van der Waals surface area contributed by atoms with Crippen LogP contribution in [-0.2, 0) is 6.54 Å². The van der Waals surface area contributed by atoms with Gasteiger partial charge in [-0.15, -0.1) is 46.7 Å². The summed E-state index contributed by atoms with van der Waals surface area (Å²) in [5, 5.41) is 9.19. The summed E-state index contributed by atoms with van der Waals surface area (Å²) in [6.07, 6.45) is 2.54. The van der Waals surface area contributed by atoms with Crippen molar-refractivity contribution in [3.8, 4) is 0 Å². The third-order valence-corrected chi connectivity index (χ3v) is 6.84. The Hall–Kier alpha value is -0.640. The van der Waals surface area contributed by atoms with Gasteiger partial charge in [0, 0.05) is 33.8 Å². The lowest BCUT2D eigenvalue weighted by Crippen LogP contribution is -2.44. The average molecular weight is 519 g/mol. The van der Waals surface area contributed by atoms with Crippen molar-refractivity contribution in [1.29, 1.82) is 0 Å². The second kappa shape index (κ2) is 11.4. The van der Waals surface area contributed by atoms with Crippen LogP contribution in [0.4, 0.5) is 0 Å². The van der Waals surface area contributed by atoms with Crippen LogP contribution in [0.2, 0.25) is 0 Å². The summed E-state index contributed by atoms with van der Waals surface area (Å²) in [4.78, 5) is 11.4. The molecular weight excluding hydrogens is 487 g/mol. The number of nitrogens with one attached hydrogen (secondary N) is 2. The molecule has 2 atom stereocenters. The molecule has 0 spiro atoms. The fourth-order valence-corrected chi connectivity index (χ4v) is 5.48. The molecule has 0 aromatic carbocycles. The second-order valence-corrected chi connectivity index (χ2v) is 9.28. The molecule has 0 radical (unpaired) electrons. The van der Waals surface area contributed by atoms with E-state index >= 15 is 0 Å². The van der Waals surface area contributed by atoms with E-state index in [0.29, 0.717) is 12.0 Å². The molecule has 27 heavy (non-hydrogen) atoms. The van der Waals surface area contributed by atoms with Gasteiger partial charge >= 0.3 is 0 Å². The van der Waals surface area contributed by atoms with Gasteiger partial charge in [-0.25, -0.2) is 4.99 Å². The number of thiophene rings is 2. The minimum absolute atomic E-state index is 0. The number of guanidine groups is 1. The van der Waals surface area contributed by atoms with Gasteiger partial charge in [0.2, 0.25) is 0 Å². The highest BCUT2D eigenvalue weighted by Crippen LogP contribution is 2.36. The van der Waals surface area contributed by atoms with Crippen molar-refractivity contribution in [2.45, 2.75) is 39.3 Å². The zero-order valence-electron chi connectivity index (χ0n) is 16.4. The van der Waals surface area contributed by atoms with E-state index in [0.717, 1.165) is 25.6 Å². The van der Waals surface area contributed by atoms with Gasteiger partial charge in [-0.2, -0.15) is 0 Å². The van der Waals surface area contributed by atoms with Crippen LogP contribution < -0.4 is 10.6 Å². The van der Waals surface area contributed by atoms with E-state index < -0.39 is 0 Å². The molecule has 0 amide bonds. The summed E-state index contributed by atoms with van der Waals surface area (Å²) in [6, 6.07) is 9.30. The average Bonchev–Trinajstić information content (AvgIpc) is 3.29. The lowest BCUT2D eigenvalue weighted by Gasteiger charge is -2.39. The van der Waals surface area contributed by atoms with Crippen molar-refractivity contribution in [3.63, 3.8) is 0 Å². The quantitative estimate of drug-likeness (QED) is 0.326. The molecule has 0 saturated carbocycles. The molecule has 2 aromatic heterocycles. The van der Waals surface area contributed by atoms with Crippen LogP contribution in [0.3, 0.4) is 0 Å². The molecule has 3 heterocycles. The first kappa shape index (κ1) is 22.6. The summed E-state index contributed by atoms with van der Waals surface area (Å²) in [7, 11) is 2.26. The number of nitrogens with zero attached hydrogens (tertiary/aromatic N) is 2. The number of aryl methyl sites for hydroxylation is 1.